The van der Waals surface area contributed by atoms with Crippen molar-refractivity contribution in [1.29, 1.82) is 0 Å². The van der Waals surface area contributed by atoms with Gasteiger partial charge in [-0.2, -0.15) is 0 Å². The first-order valence-electron chi connectivity index (χ1n) is 5.97. The second-order valence-corrected chi connectivity index (χ2v) is 7.46. The predicted octanol–water partition coefficient (Wildman–Crippen LogP) is 0.205. The summed E-state index contributed by atoms with van der Waals surface area (Å²) in [5, 5.41) is 2.84. The van der Waals surface area contributed by atoms with Crippen LogP contribution in [0, 0.1) is 0 Å². The Labute approximate surface area is 104 Å². The van der Waals surface area contributed by atoms with Gasteiger partial charge in [-0.15, -0.1) is 0 Å². The second-order valence-electron chi connectivity index (χ2n) is 4.78. The van der Waals surface area contributed by atoms with Gasteiger partial charge in [-0.05, 0) is 13.8 Å². The van der Waals surface area contributed by atoms with Crippen LogP contribution in [0.4, 0.5) is 0 Å². The first-order chi connectivity index (χ1) is 7.92. The van der Waals surface area contributed by atoms with Crippen molar-refractivity contribution in [2.45, 2.75) is 31.1 Å². The highest BCUT2D eigenvalue weighted by Crippen LogP contribution is 2.21. The minimum absolute atomic E-state index is 0.172. The molecule has 0 bridgehead atoms. The summed E-state index contributed by atoms with van der Waals surface area (Å²) in [6.07, 6.45) is 0.855. The van der Waals surface area contributed by atoms with Gasteiger partial charge in [-0.3, -0.25) is 0 Å². The third kappa shape index (κ3) is 4.21. The van der Waals surface area contributed by atoms with Crippen LogP contribution < -0.4 is 5.32 Å². The van der Waals surface area contributed by atoms with Gasteiger partial charge in [0.15, 0.2) is 9.84 Å². The molecule has 0 aromatic rings. The Balaban J connectivity index is 2.28. The highest BCUT2D eigenvalue weighted by molar-refractivity contribution is 7.92. The molecule has 0 aromatic heterocycles. The summed E-state index contributed by atoms with van der Waals surface area (Å²) >= 11 is 0. The van der Waals surface area contributed by atoms with Crippen LogP contribution in [0.3, 0.4) is 0 Å². The van der Waals surface area contributed by atoms with Crippen molar-refractivity contribution in [1.82, 2.24) is 5.32 Å². The Kier molecular flexibility index (Phi) is 5.37. The normalized spacial score (nSPS) is 25.6. The Bertz CT molecular complexity index is 320. The van der Waals surface area contributed by atoms with E-state index in [9.17, 15) is 8.42 Å². The number of ether oxygens (including phenoxy) is 2. The van der Waals surface area contributed by atoms with E-state index in [1.165, 1.54) is 0 Å². The largest absolute Gasteiger partial charge is 0.378 e. The Morgan fingerprint density at radius 1 is 1.47 bits per heavy atom. The van der Waals surface area contributed by atoms with E-state index in [2.05, 4.69) is 5.32 Å². The summed E-state index contributed by atoms with van der Waals surface area (Å²) in [6, 6.07) is 0. The summed E-state index contributed by atoms with van der Waals surface area (Å²) < 4.78 is 33.9. The molecule has 17 heavy (non-hydrogen) atoms. The Morgan fingerprint density at radius 2 is 2.18 bits per heavy atom. The van der Waals surface area contributed by atoms with Gasteiger partial charge in [0.2, 0.25) is 0 Å². The van der Waals surface area contributed by atoms with Crippen LogP contribution in [0.25, 0.3) is 0 Å². The van der Waals surface area contributed by atoms with Gasteiger partial charge in [0.05, 0.1) is 17.6 Å². The van der Waals surface area contributed by atoms with Crippen LogP contribution in [0.1, 0.15) is 20.3 Å². The van der Waals surface area contributed by atoms with Crippen molar-refractivity contribution in [2.24, 2.45) is 0 Å². The number of nitrogens with one attached hydrogen (secondary N) is 1. The number of hydrogen-bond donors (Lipinski definition) is 1. The first-order valence-corrected chi connectivity index (χ1v) is 7.69. The molecule has 1 atom stereocenters. The van der Waals surface area contributed by atoms with Crippen molar-refractivity contribution < 1.29 is 17.9 Å². The molecule has 0 amide bonds. The summed E-state index contributed by atoms with van der Waals surface area (Å²) in [7, 11) is -1.29. The molecule has 1 rings (SSSR count). The number of rotatable bonds is 7. The molecule has 0 saturated carbocycles. The predicted molar refractivity (Wildman–Crippen MR) is 67.0 cm³/mol. The quantitative estimate of drug-likeness (QED) is 0.666. The van der Waals surface area contributed by atoms with Crippen molar-refractivity contribution in [3.63, 3.8) is 0 Å². The summed E-state index contributed by atoms with van der Waals surface area (Å²) in [6.45, 7) is 5.80. The maximum absolute atomic E-state index is 11.6. The smallest absolute Gasteiger partial charge is 0.153 e. The van der Waals surface area contributed by atoms with Gasteiger partial charge in [-0.1, -0.05) is 0 Å². The highest BCUT2D eigenvalue weighted by Gasteiger charge is 2.34. The monoisotopic (exact) mass is 265 g/mol. The third-order valence-electron chi connectivity index (χ3n) is 3.23. The van der Waals surface area contributed by atoms with Crippen LogP contribution in [0.2, 0.25) is 0 Å². The molecule has 0 radical (unpaired) electrons. The minimum Gasteiger partial charge on any atom is -0.378 e. The van der Waals surface area contributed by atoms with E-state index >= 15 is 0 Å². The lowest BCUT2D eigenvalue weighted by molar-refractivity contribution is -0.0153. The van der Waals surface area contributed by atoms with Crippen LogP contribution in [-0.4, -0.2) is 58.4 Å². The molecule has 1 aliphatic rings. The van der Waals surface area contributed by atoms with E-state index in [1.807, 2.05) is 0 Å². The maximum atomic E-state index is 11.6. The topological polar surface area (TPSA) is 64.6 Å². The molecule has 0 spiro atoms. The Morgan fingerprint density at radius 3 is 2.65 bits per heavy atom. The minimum atomic E-state index is -2.96. The molecule has 1 N–H and O–H groups in total. The second kappa shape index (κ2) is 6.13. The maximum Gasteiger partial charge on any atom is 0.153 e. The molecule has 6 heteroatoms. The van der Waals surface area contributed by atoms with Crippen molar-refractivity contribution in [3.05, 3.63) is 0 Å². The molecule has 1 aliphatic heterocycles. The zero-order valence-corrected chi connectivity index (χ0v) is 11.7. The van der Waals surface area contributed by atoms with Gasteiger partial charge in [0.1, 0.15) is 5.60 Å². The zero-order chi connectivity index (χ0) is 12.9. The van der Waals surface area contributed by atoms with E-state index in [0.29, 0.717) is 26.3 Å². The fraction of sp³-hybridized carbons (Fsp3) is 1.00. The van der Waals surface area contributed by atoms with E-state index in [4.69, 9.17) is 9.47 Å². The van der Waals surface area contributed by atoms with Gasteiger partial charge >= 0.3 is 0 Å². The molecule has 1 fully saturated rings. The number of methoxy groups -OCH3 is 1. The third-order valence-corrected chi connectivity index (χ3v) is 5.44. The molecule has 102 valence electrons. The molecule has 1 heterocycles. The average molecular weight is 265 g/mol. The van der Waals surface area contributed by atoms with Crippen LogP contribution >= 0.6 is 0 Å². The standard InChI is InChI=1S/C11H23NO4S/c1-10(2)17(13,14)7-5-12-8-11(15-3)4-6-16-9-11/h10,12H,4-9H2,1-3H3. The van der Waals surface area contributed by atoms with Crippen LogP contribution in [0.15, 0.2) is 0 Å². The number of hydrogen-bond acceptors (Lipinski definition) is 5. The van der Waals surface area contributed by atoms with E-state index in [1.54, 1.807) is 21.0 Å². The summed E-state index contributed by atoms with van der Waals surface area (Å²) in [5.41, 5.74) is -0.276. The summed E-state index contributed by atoms with van der Waals surface area (Å²) in [5.74, 6) is 0.172. The first kappa shape index (κ1) is 14.9. The average Bonchev–Trinajstić information content (AvgIpc) is 2.74. The van der Waals surface area contributed by atoms with Crippen molar-refractivity contribution in [2.75, 3.05) is 39.2 Å². The summed E-state index contributed by atoms with van der Waals surface area (Å²) in [4.78, 5) is 0. The van der Waals surface area contributed by atoms with Crippen LogP contribution in [-0.2, 0) is 19.3 Å². The molecular weight excluding hydrogens is 242 g/mol. The molecule has 0 aromatic carbocycles. The van der Waals surface area contributed by atoms with Crippen molar-refractivity contribution in [3.8, 4) is 0 Å². The number of sulfone groups is 1. The van der Waals surface area contributed by atoms with E-state index in [-0.39, 0.29) is 16.6 Å². The van der Waals surface area contributed by atoms with Gasteiger partial charge in [-0.25, -0.2) is 8.42 Å². The zero-order valence-electron chi connectivity index (χ0n) is 10.9. The molecular formula is C11H23NO4S. The lowest BCUT2D eigenvalue weighted by Gasteiger charge is -2.26. The lowest BCUT2D eigenvalue weighted by Crippen LogP contribution is -2.44. The van der Waals surface area contributed by atoms with Crippen LogP contribution in [0.5, 0.6) is 0 Å². The fourth-order valence-electron chi connectivity index (χ4n) is 1.73. The highest BCUT2D eigenvalue weighted by atomic mass is 32.2. The van der Waals surface area contributed by atoms with Gasteiger partial charge in [0.25, 0.3) is 0 Å². The molecule has 1 unspecified atom stereocenters. The SMILES string of the molecule is COC1(CNCCS(=O)(=O)C(C)C)CCOC1. The van der Waals surface area contributed by atoms with Gasteiger partial charge in [0, 0.05) is 33.2 Å². The molecule has 1 saturated heterocycles. The van der Waals surface area contributed by atoms with Crippen molar-refractivity contribution >= 4 is 9.84 Å². The van der Waals surface area contributed by atoms with Gasteiger partial charge < -0.3 is 14.8 Å². The molecule has 0 aliphatic carbocycles. The fourth-order valence-corrected chi connectivity index (χ4v) is 2.63. The Hall–Kier alpha value is -0.170. The van der Waals surface area contributed by atoms with E-state index in [0.717, 1.165) is 6.42 Å². The molecule has 5 nitrogen and oxygen atoms in total. The lowest BCUT2D eigenvalue weighted by atomic mass is 10.0. The van der Waals surface area contributed by atoms with E-state index < -0.39 is 9.84 Å².